The lowest BCUT2D eigenvalue weighted by Crippen LogP contribution is -2.46. The van der Waals surface area contributed by atoms with Crippen LogP contribution in [0.3, 0.4) is 0 Å². The van der Waals surface area contributed by atoms with Crippen molar-refractivity contribution in [2.45, 2.75) is 32.6 Å². The van der Waals surface area contributed by atoms with Gasteiger partial charge in [0.05, 0.1) is 19.7 Å². The van der Waals surface area contributed by atoms with Crippen LogP contribution in [0.4, 0.5) is 5.82 Å². The Labute approximate surface area is 232 Å². The van der Waals surface area contributed by atoms with Crippen LogP contribution in [0, 0.1) is 0 Å². The van der Waals surface area contributed by atoms with Gasteiger partial charge in [0.15, 0.2) is 17.3 Å². The lowest BCUT2D eigenvalue weighted by atomic mass is 10.1. The second-order valence-electron chi connectivity index (χ2n) is 10.4. The number of piperazine rings is 1. The second kappa shape index (κ2) is 13.1. The number of nitrogens with zero attached hydrogens (tertiary/aromatic N) is 4. The van der Waals surface area contributed by atoms with E-state index in [1.54, 1.807) is 14.2 Å². The Morgan fingerprint density at radius 2 is 1.49 bits per heavy atom. The molecule has 0 atom stereocenters. The molecule has 3 aromatic carbocycles. The standard InChI is InChI=1S/C32H41N5O2/c1-4-15-36-17-19-37(20-18-36)16-9-5-8-14-33-32-27-22-29(38-2)30(39-3)23-28(27)34-31(35-32)26-13-12-24-10-6-7-11-25(24)21-26/h6-7,10-13,21-23H,4-5,8-9,14-20H2,1-3H3,(H,33,34,35). The lowest BCUT2D eigenvalue weighted by molar-refractivity contribution is 0.131. The molecule has 0 saturated carbocycles. The molecular weight excluding hydrogens is 486 g/mol. The van der Waals surface area contributed by atoms with E-state index < -0.39 is 0 Å². The van der Waals surface area contributed by atoms with Gasteiger partial charge in [-0.15, -0.1) is 0 Å². The van der Waals surface area contributed by atoms with Crippen molar-refractivity contribution in [3.05, 3.63) is 54.6 Å². The summed E-state index contributed by atoms with van der Waals surface area (Å²) in [5.41, 5.74) is 1.82. The number of anilines is 1. The Bertz CT molecular complexity index is 1380. The molecular formula is C32H41N5O2. The normalized spacial score (nSPS) is 14.6. The molecule has 1 fully saturated rings. The van der Waals surface area contributed by atoms with Crippen molar-refractivity contribution in [2.24, 2.45) is 0 Å². The summed E-state index contributed by atoms with van der Waals surface area (Å²) in [5.74, 6) is 2.87. The molecule has 7 heteroatoms. The van der Waals surface area contributed by atoms with E-state index >= 15 is 0 Å². The van der Waals surface area contributed by atoms with Gasteiger partial charge in [0.25, 0.3) is 0 Å². The fraction of sp³-hybridized carbons (Fsp3) is 0.438. The fourth-order valence-corrected chi connectivity index (χ4v) is 5.44. The van der Waals surface area contributed by atoms with Gasteiger partial charge in [0, 0.05) is 49.7 Å². The van der Waals surface area contributed by atoms with Crippen LogP contribution in [-0.2, 0) is 0 Å². The third-order valence-electron chi connectivity index (χ3n) is 7.66. The quantitative estimate of drug-likeness (QED) is 0.224. The van der Waals surface area contributed by atoms with Crippen LogP contribution in [0.2, 0.25) is 0 Å². The average Bonchev–Trinajstić information content (AvgIpc) is 2.98. The van der Waals surface area contributed by atoms with Gasteiger partial charge in [-0.1, -0.05) is 49.7 Å². The average molecular weight is 528 g/mol. The Kier molecular flexibility index (Phi) is 9.12. The largest absolute Gasteiger partial charge is 0.493 e. The summed E-state index contributed by atoms with van der Waals surface area (Å²) in [6.45, 7) is 10.4. The minimum absolute atomic E-state index is 0.662. The van der Waals surface area contributed by atoms with Crippen LogP contribution < -0.4 is 14.8 Å². The van der Waals surface area contributed by atoms with E-state index in [1.807, 2.05) is 12.1 Å². The first-order valence-electron chi connectivity index (χ1n) is 14.3. The third kappa shape index (κ3) is 6.60. The molecule has 1 aromatic heterocycles. The molecule has 1 aliphatic rings. The number of fused-ring (bicyclic) bond motifs is 2. The number of nitrogens with one attached hydrogen (secondary N) is 1. The van der Waals surface area contributed by atoms with Gasteiger partial charge in [-0.3, -0.25) is 0 Å². The molecule has 2 heterocycles. The van der Waals surface area contributed by atoms with Crippen molar-refractivity contribution in [1.82, 2.24) is 19.8 Å². The molecule has 206 valence electrons. The van der Waals surface area contributed by atoms with Crippen molar-refractivity contribution in [1.29, 1.82) is 0 Å². The zero-order chi connectivity index (χ0) is 27.0. The van der Waals surface area contributed by atoms with Crippen LogP contribution in [-0.4, -0.2) is 79.8 Å². The van der Waals surface area contributed by atoms with E-state index in [0.717, 1.165) is 35.2 Å². The number of ether oxygens (including phenoxy) is 2. The summed E-state index contributed by atoms with van der Waals surface area (Å²) in [5, 5.41) is 6.92. The molecule has 0 unspecified atom stereocenters. The van der Waals surface area contributed by atoms with E-state index in [9.17, 15) is 0 Å². The Morgan fingerprint density at radius 1 is 0.769 bits per heavy atom. The van der Waals surface area contributed by atoms with Crippen molar-refractivity contribution in [2.75, 3.05) is 65.3 Å². The maximum Gasteiger partial charge on any atom is 0.162 e. The molecule has 0 aliphatic carbocycles. The van der Waals surface area contributed by atoms with E-state index in [0.29, 0.717) is 17.3 Å². The van der Waals surface area contributed by atoms with Gasteiger partial charge < -0.3 is 24.6 Å². The summed E-state index contributed by atoms with van der Waals surface area (Å²) in [7, 11) is 3.31. The van der Waals surface area contributed by atoms with Crippen LogP contribution >= 0.6 is 0 Å². The molecule has 5 rings (SSSR count). The van der Waals surface area contributed by atoms with E-state index in [2.05, 4.69) is 64.5 Å². The zero-order valence-corrected chi connectivity index (χ0v) is 23.6. The van der Waals surface area contributed by atoms with Gasteiger partial charge in [0.1, 0.15) is 5.82 Å². The topological polar surface area (TPSA) is 62.8 Å². The highest BCUT2D eigenvalue weighted by atomic mass is 16.5. The molecule has 4 aromatic rings. The summed E-state index contributed by atoms with van der Waals surface area (Å²) in [4.78, 5) is 15.1. The fourth-order valence-electron chi connectivity index (χ4n) is 5.44. The number of methoxy groups -OCH3 is 2. The Hall–Kier alpha value is -3.42. The molecule has 7 nitrogen and oxygen atoms in total. The highest BCUT2D eigenvalue weighted by molar-refractivity contribution is 5.94. The number of aromatic nitrogens is 2. The molecule has 1 saturated heterocycles. The molecule has 0 amide bonds. The molecule has 0 radical (unpaired) electrons. The maximum absolute atomic E-state index is 5.58. The lowest BCUT2D eigenvalue weighted by Gasteiger charge is -2.34. The van der Waals surface area contributed by atoms with Crippen molar-refractivity contribution in [3.8, 4) is 22.9 Å². The van der Waals surface area contributed by atoms with Gasteiger partial charge in [-0.05, 0) is 55.3 Å². The zero-order valence-electron chi connectivity index (χ0n) is 23.6. The van der Waals surface area contributed by atoms with Gasteiger partial charge in [0.2, 0.25) is 0 Å². The predicted octanol–water partition coefficient (Wildman–Crippen LogP) is 6.08. The number of benzene rings is 3. The number of hydrogen-bond donors (Lipinski definition) is 1. The minimum Gasteiger partial charge on any atom is -0.493 e. The van der Waals surface area contributed by atoms with Crippen LogP contribution in [0.15, 0.2) is 54.6 Å². The highest BCUT2D eigenvalue weighted by Crippen LogP contribution is 2.35. The monoisotopic (exact) mass is 527 g/mol. The smallest absolute Gasteiger partial charge is 0.162 e. The van der Waals surface area contributed by atoms with Gasteiger partial charge in [-0.2, -0.15) is 0 Å². The first-order chi connectivity index (χ1) is 19.2. The van der Waals surface area contributed by atoms with Gasteiger partial charge >= 0.3 is 0 Å². The second-order valence-corrected chi connectivity index (χ2v) is 10.4. The summed E-state index contributed by atoms with van der Waals surface area (Å²) >= 11 is 0. The summed E-state index contributed by atoms with van der Waals surface area (Å²) in [6, 6.07) is 18.6. The minimum atomic E-state index is 0.662. The first kappa shape index (κ1) is 27.2. The number of hydrogen-bond acceptors (Lipinski definition) is 7. The van der Waals surface area contributed by atoms with E-state index in [-0.39, 0.29) is 0 Å². The van der Waals surface area contributed by atoms with Crippen LogP contribution in [0.25, 0.3) is 33.1 Å². The van der Waals surface area contributed by atoms with Crippen LogP contribution in [0.1, 0.15) is 32.6 Å². The molecule has 1 aliphatic heterocycles. The third-order valence-corrected chi connectivity index (χ3v) is 7.66. The molecule has 0 bridgehead atoms. The van der Waals surface area contributed by atoms with E-state index in [1.165, 1.54) is 69.3 Å². The first-order valence-corrected chi connectivity index (χ1v) is 14.3. The maximum atomic E-state index is 5.58. The Morgan fingerprint density at radius 3 is 2.23 bits per heavy atom. The summed E-state index contributed by atoms with van der Waals surface area (Å²) in [6.07, 6.45) is 4.77. The summed E-state index contributed by atoms with van der Waals surface area (Å²) < 4.78 is 11.2. The van der Waals surface area contributed by atoms with Crippen molar-refractivity contribution in [3.63, 3.8) is 0 Å². The van der Waals surface area contributed by atoms with Crippen LogP contribution in [0.5, 0.6) is 11.5 Å². The SMILES string of the molecule is CCCN1CCN(CCCCCNc2nc(-c3ccc4ccccc4c3)nc3cc(OC)c(OC)cc23)CC1. The highest BCUT2D eigenvalue weighted by Gasteiger charge is 2.16. The predicted molar refractivity (Wildman–Crippen MR) is 161 cm³/mol. The van der Waals surface area contributed by atoms with Crippen molar-refractivity contribution < 1.29 is 9.47 Å². The molecule has 39 heavy (non-hydrogen) atoms. The molecule has 0 spiro atoms. The van der Waals surface area contributed by atoms with E-state index in [4.69, 9.17) is 19.4 Å². The van der Waals surface area contributed by atoms with Crippen molar-refractivity contribution >= 4 is 27.5 Å². The Balaban J connectivity index is 1.28. The number of rotatable bonds is 12. The molecule has 1 N–H and O–H groups in total. The number of unbranched alkanes of at least 4 members (excludes halogenated alkanes) is 2. The van der Waals surface area contributed by atoms with Gasteiger partial charge in [-0.25, -0.2) is 9.97 Å².